The standard InChI is InChI=1S/C14H14N2O4S2/c1-2-19-10-5-8(3-4-9(10)20-7-12(15)17)6-11-13(18)16-14(21)22-11/h3-6H,2,7H2,1H3,(H2,15,17)(H,16,18,21)/b11-6+. The summed E-state index contributed by atoms with van der Waals surface area (Å²) >= 11 is 6.14. The summed E-state index contributed by atoms with van der Waals surface area (Å²) in [6.07, 6.45) is 1.71. The third kappa shape index (κ3) is 4.22. The first-order valence-corrected chi connectivity index (χ1v) is 7.65. The van der Waals surface area contributed by atoms with E-state index in [1.165, 1.54) is 11.8 Å². The van der Waals surface area contributed by atoms with Crippen molar-refractivity contribution in [3.05, 3.63) is 28.7 Å². The first kappa shape index (κ1) is 16.3. The van der Waals surface area contributed by atoms with Crippen LogP contribution in [-0.4, -0.2) is 29.3 Å². The second-order valence-corrected chi connectivity index (χ2v) is 5.97. The van der Waals surface area contributed by atoms with Crippen LogP contribution < -0.4 is 20.5 Å². The lowest BCUT2D eigenvalue weighted by molar-refractivity contribution is -0.120. The topological polar surface area (TPSA) is 90.7 Å². The molecule has 1 heterocycles. The number of hydrogen-bond acceptors (Lipinski definition) is 6. The monoisotopic (exact) mass is 338 g/mol. The Kier molecular flexibility index (Phi) is 5.40. The predicted molar refractivity (Wildman–Crippen MR) is 88.6 cm³/mol. The smallest absolute Gasteiger partial charge is 0.263 e. The first-order chi connectivity index (χ1) is 10.5. The van der Waals surface area contributed by atoms with E-state index in [1.807, 2.05) is 6.92 Å². The molecule has 0 aliphatic carbocycles. The van der Waals surface area contributed by atoms with Crippen molar-refractivity contribution in [3.8, 4) is 11.5 Å². The molecule has 22 heavy (non-hydrogen) atoms. The molecule has 1 aliphatic rings. The Morgan fingerprint density at radius 2 is 2.18 bits per heavy atom. The highest BCUT2D eigenvalue weighted by atomic mass is 32.2. The van der Waals surface area contributed by atoms with Crippen molar-refractivity contribution in [2.75, 3.05) is 13.2 Å². The number of nitrogens with two attached hydrogens (primary N) is 1. The minimum Gasteiger partial charge on any atom is -0.490 e. The molecule has 0 radical (unpaired) electrons. The number of ether oxygens (including phenoxy) is 2. The summed E-state index contributed by atoms with van der Waals surface area (Å²) in [6, 6.07) is 5.14. The lowest BCUT2D eigenvalue weighted by Crippen LogP contribution is -2.20. The fraction of sp³-hybridized carbons (Fsp3) is 0.214. The number of carbonyl (C=O) groups is 2. The lowest BCUT2D eigenvalue weighted by atomic mass is 10.2. The van der Waals surface area contributed by atoms with Crippen LogP contribution in [0.4, 0.5) is 0 Å². The quantitative estimate of drug-likeness (QED) is 0.602. The van der Waals surface area contributed by atoms with Crippen LogP contribution >= 0.6 is 24.0 Å². The maximum absolute atomic E-state index is 11.6. The maximum atomic E-state index is 11.6. The molecule has 6 nitrogen and oxygen atoms in total. The number of nitrogens with one attached hydrogen (secondary N) is 1. The van der Waals surface area contributed by atoms with Crippen LogP contribution in [0.25, 0.3) is 6.08 Å². The number of thioether (sulfide) groups is 1. The van der Waals surface area contributed by atoms with Gasteiger partial charge in [-0.15, -0.1) is 0 Å². The van der Waals surface area contributed by atoms with E-state index in [9.17, 15) is 9.59 Å². The fourth-order valence-corrected chi connectivity index (χ4v) is 2.77. The van der Waals surface area contributed by atoms with Crippen LogP contribution in [0.5, 0.6) is 11.5 Å². The molecule has 0 unspecified atom stereocenters. The molecule has 0 bridgehead atoms. The second kappa shape index (κ2) is 7.28. The van der Waals surface area contributed by atoms with Gasteiger partial charge in [0.05, 0.1) is 11.5 Å². The molecule has 116 valence electrons. The Morgan fingerprint density at radius 3 is 2.77 bits per heavy atom. The van der Waals surface area contributed by atoms with E-state index in [4.69, 9.17) is 27.4 Å². The first-order valence-electron chi connectivity index (χ1n) is 6.42. The van der Waals surface area contributed by atoms with E-state index >= 15 is 0 Å². The zero-order valence-corrected chi connectivity index (χ0v) is 13.4. The summed E-state index contributed by atoms with van der Waals surface area (Å²) in [5.74, 6) is 0.106. The molecule has 2 amide bonds. The van der Waals surface area contributed by atoms with E-state index in [0.29, 0.717) is 27.3 Å². The van der Waals surface area contributed by atoms with Gasteiger partial charge in [-0.2, -0.15) is 0 Å². The van der Waals surface area contributed by atoms with Crippen LogP contribution in [0.2, 0.25) is 0 Å². The van der Waals surface area contributed by atoms with Crippen molar-refractivity contribution in [1.29, 1.82) is 0 Å². The van der Waals surface area contributed by atoms with E-state index in [-0.39, 0.29) is 12.5 Å². The van der Waals surface area contributed by atoms with E-state index in [2.05, 4.69) is 5.32 Å². The molecule has 0 aromatic heterocycles. The highest BCUT2D eigenvalue weighted by Crippen LogP contribution is 2.31. The largest absolute Gasteiger partial charge is 0.490 e. The number of amides is 2. The third-order valence-electron chi connectivity index (χ3n) is 2.58. The third-order valence-corrected chi connectivity index (χ3v) is 3.74. The van der Waals surface area contributed by atoms with Gasteiger partial charge in [0.25, 0.3) is 11.8 Å². The van der Waals surface area contributed by atoms with Gasteiger partial charge < -0.3 is 20.5 Å². The number of rotatable bonds is 6. The summed E-state index contributed by atoms with van der Waals surface area (Å²) in [5.41, 5.74) is 5.82. The number of hydrogen-bond donors (Lipinski definition) is 2. The minimum absolute atomic E-state index is 0.220. The second-order valence-electron chi connectivity index (χ2n) is 4.25. The Balaban J connectivity index is 2.25. The van der Waals surface area contributed by atoms with Crippen molar-refractivity contribution in [2.24, 2.45) is 5.73 Å². The number of benzene rings is 1. The van der Waals surface area contributed by atoms with Crippen molar-refractivity contribution in [2.45, 2.75) is 6.92 Å². The summed E-state index contributed by atoms with van der Waals surface area (Å²) in [6.45, 7) is 2.04. The summed E-state index contributed by atoms with van der Waals surface area (Å²) < 4.78 is 11.2. The van der Waals surface area contributed by atoms with Gasteiger partial charge in [-0.05, 0) is 30.7 Å². The van der Waals surface area contributed by atoms with Gasteiger partial charge in [-0.25, -0.2) is 0 Å². The number of thiocarbonyl (C=S) groups is 1. The van der Waals surface area contributed by atoms with Gasteiger partial charge in [-0.3, -0.25) is 9.59 Å². The van der Waals surface area contributed by atoms with Crippen LogP contribution in [0.3, 0.4) is 0 Å². The molecule has 0 spiro atoms. The van der Waals surface area contributed by atoms with E-state index in [1.54, 1.807) is 24.3 Å². The molecule has 0 atom stereocenters. The predicted octanol–water partition coefficient (Wildman–Crippen LogP) is 1.44. The van der Waals surface area contributed by atoms with Crippen molar-refractivity contribution >= 4 is 46.2 Å². The summed E-state index contributed by atoms with van der Waals surface area (Å²) in [7, 11) is 0. The van der Waals surface area contributed by atoms with Crippen LogP contribution in [0.15, 0.2) is 23.1 Å². The van der Waals surface area contributed by atoms with E-state index in [0.717, 1.165) is 5.56 Å². The van der Waals surface area contributed by atoms with E-state index < -0.39 is 5.91 Å². The van der Waals surface area contributed by atoms with Gasteiger partial charge in [0.15, 0.2) is 18.1 Å². The van der Waals surface area contributed by atoms with Crippen molar-refractivity contribution < 1.29 is 19.1 Å². The Bertz CT molecular complexity index is 658. The Morgan fingerprint density at radius 1 is 1.41 bits per heavy atom. The summed E-state index contributed by atoms with van der Waals surface area (Å²) in [4.78, 5) is 23.0. The lowest BCUT2D eigenvalue weighted by Gasteiger charge is -2.11. The van der Waals surface area contributed by atoms with Gasteiger partial charge in [0.2, 0.25) is 0 Å². The molecular formula is C14H14N2O4S2. The summed E-state index contributed by atoms with van der Waals surface area (Å²) in [5, 5.41) is 2.55. The van der Waals surface area contributed by atoms with Crippen molar-refractivity contribution in [1.82, 2.24) is 5.32 Å². The molecule has 8 heteroatoms. The number of primary amides is 1. The molecule has 0 saturated carbocycles. The van der Waals surface area contributed by atoms with Crippen molar-refractivity contribution in [3.63, 3.8) is 0 Å². The molecule has 1 aromatic rings. The Labute approximate surface area is 137 Å². The molecule has 1 fully saturated rings. The zero-order chi connectivity index (χ0) is 16.1. The molecule has 1 aliphatic heterocycles. The maximum Gasteiger partial charge on any atom is 0.263 e. The molecule has 1 saturated heterocycles. The average Bonchev–Trinajstić information content (AvgIpc) is 2.76. The van der Waals surface area contributed by atoms with Gasteiger partial charge >= 0.3 is 0 Å². The molecule has 1 aromatic carbocycles. The number of carbonyl (C=O) groups excluding carboxylic acids is 2. The van der Waals surface area contributed by atoms with Crippen LogP contribution in [0.1, 0.15) is 12.5 Å². The Hall–Kier alpha value is -2.06. The molecule has 2 rings (SSSR count). The zero-order valence-electron chi connectivity index (χ0n) is 11.8. The molecular weight excluding hydrogens is 324 g/mol. The van der Waals surface area contributed by atoms with Gasteiger partial charge in [-0.1, -0.05) is 30.0 Å². The minimum atomic E-state index is -0.568. The highest BCUT2D eigenvalue weighted by Gasteiger charge is 2.22. The van der Waals surface area contributed by atoms with Crippen LogP contribution in [0, 0.1) is 0 Å². The average molecular weight is 338 g/mol. The van der Waals surface area contributed by atoms with Crippen LogP contribution in [-0.2, 0) is 9.59 Å². The highest BCUT2D eigenvalue weighted by molar-refractivity contribution is 8.26. The normalized spacial score (nSPS) is 15.8. The molecule has 3 N–H and O–H groups in total. The fourth-order valence-electron chi connectivity index (χ4n) is 1.72. The SMILES string of the molecule is CCOc1cc(/C=C2/SC(=S)NC2=O)ccc1OCC(N)=O. The van der Waals surface area contributed by atoms with Gasteiger partial charge in [0.1, 0.15) is 4.32 Å². The van der Waals surface area contributed by atoms with Gasteiger partial charge in [0, 0.05) is 0 Å².